The lowest BCUT2D eigenvalue weighted by atomic mass is 9.90. The zero-order chi connectivity index (χ0) is 48.9. The molecule has 0 aliphatic heterocycles. The molecule has 2 amide bonds. The van der Waals surface area contributed by atoms with E-state index >= 15 is 0 Å². The standard InChI is InChI=1S/C53H76N2O10/c1-11-14-16-19-42(33-43(57)20-17-21-46(59)41-28-26-40(27-29-41)39-24-22-38(23-25-39)18-15-12-2)52(64)55-49(37(7)65-53(8,9)10)48(61)31-35(5)51(63)54-44(32-36(6)56)47(60)30-34(4)50(62)45(58)13-3/h22-29,34-35,37,42,44,49H,11-21,30-33H2,1-10H3,(H,54,63)(H,55,64)/t34?,35-,37-,42-,44+,49+/m1/s1. The van der Waals surface area contributed by atoms with E-state index in [1.807, 2.05) is 52.0 Å². The number of benzene rings is 2. The van der Waals surface area contributed by atoms with Gasteiger partial charge in [-0.25, -0.2) is 0 Å². The molecule has 0 bridgehead atoms. The molecule has 65 heavy (non-hydrogen) atoms. The Labute approximate surface area is 387 Å². The van der Waals surface area contributed by atoms with Crippen LogP contribution in [0.25, 0.3) is 11.1 Å². The highest BCUT2D eigenvalue weighted by atomic mass is 16.5. The molecular formula is C53H76N2O10. The highest BCUT2D eigenvalue weighted by molar-refractivity contribution is 6.38. The van der Waals surface area contributed by atoms with Gasteiger partial charge in [-0.1, -0.05) is 109 Å². The van der Waals surface area contributed by atoms with Crippen LogP contribution in [-0.4, -0.2) is 76.1 Å². The van der Waals surface area contributed by atoms with Gasteiger partial charge in [0.2, 0.25) is 17.6 Å². The molecule has 0 aromatic heterocycles. The maximum absolute atomic E-state index is 14.0. The first-order valence-electron chi connectivity index (χ1n) is 23.7. The number of nitrogens with one attached hydrogen (secondary N) is 2. The number of rotatable bonds is 32. The second-order valence-corrected chi connectivity index (χ2v) is 18.8. The quantitative estimate of drug-likeness (QED) is 0.0407. The predicted molar refractivity (Wildman–Crippen MR) is 253 cm³/mol. The predicted octanol–water partition coefficient (Wildman–Crippen LogP) is 9.10. The number of aryl methyl sites for hydroxylation is 1. The third-order valence-corrected chi connectivity index (χ3v) is 11.5. The third-order valence-electron chi connectivity index (χ3n) is 11.5. The number of ether oxygens (including phenoxy) is 1. The molecule has 0 heterocycles. The summed E-state index contributed by atoms with van der Waals surface area (Å²) in [7, 11) is 0. The van der Waals surface area contributed by atoms with Gasteiger partial charge < -0.3 is 15.4 Å². The molecule has 0 spiro atoms. The van der Waals surface area contributed by atoms with Gasteiger partial charge in [-0.15, -0.1) is 0 Å². The number of amides is 2. The highest BCUT2D eigenvalue weighted by Gasteiger charge is 2.35. The molecule has 6 atom stereocenters. The molecule has 2 N–H and O–H groups in total. The smallest absolute Gasteiger partial charge is 0.224 e. The van der Waals surface area contributed by atoms with E-state index in [0.717, 1.165) is 43.2 Å². The Morgan fingerprint density at radius 1 is 0.631 bits per heavy atom. The molecule has 0 radical (unpaired) electrons. The van der Waals surface area contributed by atoms with Gasteiger partial charge >= 0.3 is 0 Å². The second kappa shape index (κ2) is 28.2. The van der Waals surface area contributed by atoms with Crippen LogP contribution in [-0.2, 0) is 49.5 Å². The Morgan fingerprint density at radius 3 is 1.77 bits per heavy atom. The summed E-state index contributed by atoms with van der Waals surface area (Å²) in [5.74, 6) is -6.86. The normalized spacial score (nSPS) is 14.2. The summed E-state index contributed by atoms with van der Waals surface area (Å²) >= 11 is 0. The number of hydrogen-bond acceptors (Lipinski definition) is 10. The van der Waals surface area contributed by atoms with Crippen molar-refractivity contribution in [2.24, 2.45) is 17.8 Å². The maximum atomic E-state index is 14.0. The fourth-order valence-electron chi connectivity index (χ4n) is 7.74. The second-order valence-electron chi connectivity index (χ2n) is 18.8. The molecule has 12 nitrogen and oxygen atoms in total. The van der Waals surface area contributed by atoms with Crippen LogP contribution >= 0.6 is 0 Å². The number of carbonyl (C=O) groups excluding carboxylic acids is 9. The van der Waals surface area contributed by atoms with Gasteiger partial charge in [-0.05, 0) is 77.0 Å². The minimum Gasteiger partial charge on any atom is -0.370 e. The molecule has 0 aliphatic rings. The monoisotopic (exact) mass is 901 g/mol. The Kier molecular flexibility index (Phi) is 24.3. The molecule has 358 valence electrons. The van der Waals surface area contributed by atoms with E-state index in [9.17, 15) is 43.2 Å². The van der Waals surface area contributed by atoms with Crippen molar-refractivity contribution in [3.05, 3.63) is 59.7 Å². The zero-order valence-electron chi connectivity index (χ0n) is 40.8. The number of Topliss-reactive ketones (excluding diaryl/α,β-unsaturated/α-hetero) is 7. The van der Waals surface area contributed by atoms with Crippen LogP contribution in [0.5, 0.6) is 0 Å². The van der Waals surface area contributed by atoms with Gasteiger partial charge in [0, 0.05) is 68.3 Å². The van der Waals surface area contributed by atoms with E-state index < -0.39 is 76.5 Å². The van der Waals surface area contributed by atoms with Crippen LogP contribution in [0.2, 0.25) is 0 Å². The summed E-state index contributed by atoms with van der Waals surface area (Å²) in [4.78, 5) is 118. The van der Waals surface area contributed by atoms with Crippen molar-refractivity contribution in [3.63, 3.8) is 0 Å². The molecule has 0 fully saturated rings. The Bertz CT molecular complexity index is 1930. The Morgan fingerprint density at radius 2 is 1.22 bits per heavy atom. The van der Waals surface area contributed by atoms with Crippen LogP contribution in [0.4, 0.5) is 0 Å². The van der Waals surface area contributed by atoms with Crippen molar-refractivity contribution in [2.75, 3.05) is 0 Å². The van der Waals surface area contributed by atoms with Gasteiger partial charge in [-0.2, -0.15) is 0 Å². The van der Waals surface area contributed by atoms with Gasteiger partial charge in [0.25, 0.3) is 0 Å². The molecule has 0 saturated carbocycles. The fraction of sp³-hybridized carbons (Fsp3) is 0.604. The van der Waals surface area contributed by atoms with E-state index in [4.69, 9.17) is 4.74 Å². The van der Waals surface area contributed by atoms with Gasteiger partial charge in [0.05, 0.1) is 17.7 Å². The van der Waals surface area contributed by atoms with Crippen molar-refractivity contribution < 1.29 is 47.9 Å². The lowest BCUT2D eigenvalue weighted by molar-refractivity contribution is -0.140. The first-order valence-corrected chi connectivity index (χ1v) is 23.7. The minimum absolute atomic E-state index is 0.00901. The average molecular weight is 901 g/mol. The highest BCUT2D eigenvalue weighted by Crippen LogP contribution is 2.24. The lowest BCUT2D eigenvalue weighted by Gasteiger charge is -2.32. The summed E-state index contributed by atoms with van der Waals surface area (Å²) in [6, 6.07) is 13.5. The maximum Gasteiger partial charge on any atom is 0.224 e. The third kappa shape index (κ3) is 20.4. The van der Waals surface area contributed by atoms with Crippen molar-refractivity contribution in [1.29, 1.82) is 0 Å². The van der Waals surface area contributed by atoms with E-state index in [-0.39, 0.29) is 62.3 Å². The molecule has 2 rings (SSSR count). The van der Waals surface area contributed by atoms with Crippen LogP contribution in [0.15, 0.2) is 48.5 Å². The summed E-state index contributed by atoms with van der Waals surface area (Å²) < 4.78 is 6.13. The van der Waals surface area contributed by atoms with Crippen LogP contribution in [0, 0.1) is 17.8 Å². The first-order chi connectivity index (χ1) is 30.6. The zero-order valence-corrected chi connectivity index (χ0v) is 40.8. The van der Waals surface area contributed by atoms with Gasteiger partial charge in [0.1, 0.15) is 17.6 Å². The van der Waals surface area contributed by atoms with Gasteiger partial charge in [0.15, 0.2) is 23.1 Å². The summed E-state index contributed by atoms with van der Waals surface area (Å²) in [5, 5.41) is 5.43. The molecule has 2 aromatic carbocycles. The lowest BCUT2D eigenvalue weighted by Crippen LogP contribution is -2.53. The van der Waals surface area contributed by atoms with E-state index in [1.54, 1.807) is 13.8 Å². The van der Waals surface area contributed by atoms with E-state index in [0.29, 0.717) is 24.8 Å². The average Bonchev–Trinajstić information content (AvgIpc) is 3.25. The molecule has 2 aromatic rings. The van der Waals surface area contributed by atoms with Crippen LogP contribution in [0.3, 0.4) is 0 Å². The van der Waals surface area contributed by atoms with Crippen LogP contribution < -0.4 is 10.6 Å². The van der Waals surface area contributed by atoms with Crippen molar-refractivity contribution in [2.45, 2.75) is 189 Å². The number of hydrogen-bond donors (Lipinski definition) is 2. The SMILES string of the molecule is CCCCC[C@H](CC(=O)CCCC(=O)c1ccc(-c2ccc(CCCC)cc2)cc1)C(=O)N[C@H](C(=O)C[C@@H](C)C(=O)N[C@@H](CC(C)=O)C(=O)CC(C)C(=O)C(=O)CC)[C@@H](C)OC(C)(C)C. The molecule has 12 heteroatoms. The number of carbonyl (C=O) groups is 9. The number of unbranched alkanes of at least 4 members (excludes halogenated alkanes) is 3. The minimum atomic E-state index is -1.27. The summed E-state index contributed by atoms with van der Waals surface area (Å²) in [5.41, 5.74) is 3.26. The van der Waals surface area contributed by atoms with E-state index in [2.05, 4.69) is 41.8 Å². The Hall–Kier alpha value is -4.97. The van der Waals surface area contributed by atoms with Crippen molar-refractivity contribution >= 4 is 52.3 Å². The molecule has 0 saturated heterocycles. The van der Waals surface area contributed by atoms with Gasteiger partial charge in [-0.3, -0.25) is 43.2 Å². The first kappa shape index (κ1) is 56.2. The van der Waals surface area contributed by atoms with Crippen molar-refractivity contribution in [1.82, 2.24) is 10.6 Å². The summed E-state index contributed by atoms with van der Waals surface area (Å²) in [6.07, 6.45) is 4.85. The molecular weight excluding hydrogens is 825 g/mol. The topological polar surface area (TPSA) is 187 Å². The largest absolute Gasteiger partial charge is 0.370 e. The van der Waals surface area contributed by atoms with Crippen molar-refractivity contribution in [3.8, 4) is 11.1 Å². The summed E-state index contributed by atoms with van der Waals surface area (Å²) in [6.45, 7) is 17.0. The number of ketones is 7. The fourth-order valence-corrected chi connectivity index (χ4v) is 7.74. The Balaban J connectivity index is 2.14. The molecule has 1 unspecified atom stereocenters. The molecule has 0 aliphatic carbocycles. The van der Waals surface area contributed by atoms with E-state index in [1.165, 1.54) is 26.3 Å². The van der Waals surface area contributed by atoms with Crippen LogP contribution in [0.1, 0.15) is 175 Å².